The topological polar surface area (TPSA) is 55.4 Å². The van der Waals surface area contributed by atoms with E-state index in [1.165, 1.54) is 6.08 Å². The van der Waals surface area contributed by atoms with Gasteiger partial charge in [0.15, 0.2) is 6.61 Å². The van der Waals surface area contributed by atoms with Crippen molar-refractivity contribution >= 4 is 33.9 Å². The van der Waals surface area contributed by atoms with Gasteiger partial charge >= 0.3 is 5.97 Å². The lowest BCUT2D eigenvalue weighted by atomic mass is 10.1. The second kappa shape index (κ2) is 9.34. The molecule has 4 nitrogen and oxygen atoms in total. The third-order valence-corrected chi connectivity index (χ3v) is 3.20. The van der Waals surface area contributed by atoms with Crippen molar-refractivity contribution in [1.82, 2.24) is 5.32 Å². The number of carbonyl (C=O) groups is 2. The maximum absolute atomic E-state index is 11.5. The summed E-state index contributed by atoms with van der Waals surface area (Å²) < 4.78 is 5.83. The quantitative estimate of drug-likeness (QED) is 0.605. The van der Waals surface area contributed by atoms with Gasteiger partial charge in [0.25, 0.3) is 5.91 Å². The molecule has 1 aromatic carbocycles. The molecule has 0 bridgehead atoms. The van der Waals surface area contributed by atoms with Crippen molar-refractivity contribution in [3.63, 3.8) is 0 Å². The van der Waals surface area contributed by atoms with Crippen molar-refractivity contribution in [2.24, 2.45) is 5.92 Å². The Balaban J connectivity index is 2.27. The molecule has 0 atom stereocenters. The van der Waals surface area contributed by atoms with Gasteiger partial charge < -0.3 is 10.1 Å². The van der Waals surface area contributed by atoms with Crippen molar-refractivity contribution in [3.8, 4) is 0 Å². The molecular weight excluding hydrogens is 334 g/mol. The zero-order valence-electron chi connectivity index (χ0n) is 12.3. The van der Waals surface area contributed by atoms with Crippen LogP contribution in [0.1, 0.15) is 25.8 Å². The highest BCUT2D eigenvalue weighted by molar-refractivity contribution is 9.10. The summed E-state index contributed by atoms with van der Waals surface area (Å²) in [7, 11) is 0. The summed E-state index contributed by atoms with van der Waals surface area (Å²) in [5, 5.41) is 2.70. The molecule has 0 saturated carbocycles. The lowest BCUT2D eigenvalue weighted by Crippen LogP contribution is -2.29. The van der Waals surface area contributed by atoms with Crippen LogP contribution in [0.15, 0.2) is 34.8 Å². The first kappa shape index (κ1) is 17.4. The van der Waals surface area contributed by atoms with Crippen LogP contribution < -0.4 is 5.32 Å². The molecule has 1 rings (SSSR count). The van der Waals surface area contributed by atoms with E-state index >= 15 is 0 Å². The van der Waals surface area contributed by atoms with Gasteiger partial charge in [-0.3, -0.25) is 4.79 Å². The van der Waals surface area contributed by atoms with Crippen molar-refractivity contribution in [2.75, 3.05) is 13.2 Å². The largest absolute Gasteiger partial charge is 0.452 e. The van der Waals surface area contributed by atoms with Gasteiger partial charge in [0.1, 0.15) is 0 Å². The molecule has 1 aromatic rings. The number of esters is 1. The number of amides is 1. The summed E-state index contributed by atoms with van der Waals surface area (Å²) in [4.78, 5) is 22.9. The van der Waals surface area contributed by atoms with Gasteiger partial charge in [-0.15, -0.1) is 0 Å². The summed E-state index contributed by atoms with van der Waals surface area (Å²) in [6.45, 7) is 4.52. The van der Waals surface area contributed by atoms with E-state index in [-0.39, 0.29) is 12.5 Å². The molecule has 0 spiro atoms. The molecule has 21 heavy (non-hydrogen) atoms. The lowest BCUT2D eigenvalue weighted by molar-refractivity contribution is -0.143. The smallest absolute Gasteiger partial charge is 0.331 e. The second-order valence-corrected chi connectivity index (χ2v) is 5.94. The molecule has 0 aromatic heterocycles. The van der Waals surface area contributed by atoms with Gasteiger partial charge in [0.05, 0.1) is 0 Å². The minimum absolute atomic E-state index is 0.248. The van der Waals surface area contributed by atoms with Crippen LogP contribution in [0.3, 0.4) is 0 Å². The first-order valence-electron chi connectivity index (χ1n) is 6.84. The number of hydrogen-bond acceptors (Lipinski definition) is 3. The third-order valence-electron chi connectivity index (χ3n) is 2.67. The molecule has 0 fully saturated rings. The summed E-state index contributed by atoms with van der Waals surface area (Å²) in [6, 6.07) is 7.50. The van der Waals surface area contributed by atoms with E-state index < -0.39 is 5.97 Å². The first-order chi connectivity index (χ1) is 9.97. The Hall–Kier alpha value is -1.62. The van der Waals surface area contributed by atoms with Gasteiger partial charge in [-0.05, 0) is 36.1 Å². The zero-order valence-corrected chi connectivity index (χ0v) is 13.9. The van der Waals surface area contributed by atoms with Crippen LogP contribution in [0.2, 0.25) is 0 Å². The van der Waals surface area contributed by atoms with Crippen molar-refractivity contribution < 1.29 is 14.3 Å². The first-order valence-corrected chi connectivity index (χ1v) is 7.64. The Bertz CT molecular complexity index is 495. The van der Waals surface area contributed by atoms with Crippen LogP contribution in [-0.2, 0) is 14.3 Å². The third kappa shape index (κ3) is 8.30. The SMILES string of the molecule is CC(C)CCNC(=O)COC(=O)/C=C/c1ccc(Br)cc1. The van der Waals surface area contributed by atoms with Crippen LogP contribution in [0, 0.1) is 5.92 Å². The fraction of sp³-hybridized carbons (Fsp3) is 0.375. The predicted molar refractivity (Wildman–Crippen MR) is 86.6 cm³/mol. The number of carbonyl (C=O) groups excluding carboxylic acids is 2. The van der Waals surface area contributed by atoms with Crippen LogP contribution in [0.4, 0.5) is 0 Å². The molecule has 0 unspecified atom stereocenters. The Morgan fingerprint density at radius 2 is 1.95 bits per heavy atom. The number of nitrogens with one attached hydrogen (secondary N) is 1. The van der Waals surface area contributed by atoms with Crippen LogP contribution in [0.5, 0.6) is 0 Å². The summed E-state index contributed by atoms with van der Waals surface area (Å²) in [5.74, 6) is -0.278. The average molecular weight is 354 g/mol. The minimum Gasteiger partial charge on any atom is -0.452 e. The van der Waals surface area contributed by atoms with Crippen LogP contribution in [0.25, 0.3) is 6.08 Å². The van der Waals surface area contributed by atoms with Gasteiger partial charge in [-0.1, -0.05) is 41.9 Å². The molecule has 0 radical (unpaired) electrons. The number of hydrogen-bond donors (Lipinski definition) is 1. The van der Waals surface area contributed by atoms with Crippen LogP contribution >= 0.6 is 15.9 Å². The van der Waals surface area contributed by atoms with Crippen molar-refractivity contribution in [3.05, 3.63) is 40.4 Å². The molecule has 0 aliphatic carbocycles. The lowest BCUT2D eigenvalue weighted by Gasteiger charge is -2.06. The van der Waals surface area contributed by atoms with E-state index in [1.807, 2.05) is 24.3 Å². The Morgan fingerprint density at radius 3 is 2.57 bits per heavy atom. The molecule has 0 aliphatic rings. The Morgan fingerprint density at radius 1 is 1.29 bits per heavy atom. The van der Waals surface area contributed by atoms with Crippen molar-refractivity contribution in [1.29, 1.82) is 0 Å². The highest BCUT2D eigenvalue weighted by Gasteiger charge is 2.04. The standard InChI is InChI=1S/C16H20BrNO3/c1-12(2)9-10-18-15(19)11-21-16(20)8-5-13-3-6-14(17)7-4-13/h3-8,12H,9-11H2,1-2H3,(H,18,19)/b8-5+. The fourth-order valence-electron chi connectivity index (χ4n) is 1.47. The Labute approximate surface area is 133 Å². The van der Waals surface area contributed by atoms with E-state index in [2.05, 4.69) is 35.1 Å². The molecule has 0 saturated heterocycles. The zero-order chi connectivity index (χ0) is 15.7. The highest BCUT2D eigenvalue weighted by atomic mass is 79.9. The number of benzene rings is 1. The summed E-state index contributed by atoms with van der Waals surface area (Å²) in [6.07, 6.45) is 3.86. The molecule has 5 heteroatoms. The number of ether oxygens (including phenoxy) is 1. The average Bonchev–Trinajstić information content (AvgIpc) is 2.44. The molecule has 1 N–H and O–H groups in total. The maximum Gasteiger partial charge on any atom is 0.331 e. The maximum atomic E-state index is 11.5. The minimum atomic E-state index is -0.531. The van der Waals surface area contributed by atoms with E-state index in [4.69, 9.17) is 4.74 Å². The van der Waals surface area contributed by atoms with Gasteiger partial charge in [-0.25, -0.2) is 4.79 Å². The van der Waals surface area contributed by atoms with Crippen molar-refractivity contribution in [2.45, 2.75) is 20.3 Å². The van der Waals surface area contributed by atoms with E-state index in [0.29, 0.717) is 12.5 Å². The van der Waals surface area contributed by atoms with Gasteiger partial charge in [0, 0.05) is 17.1 Å². The molecule has 0 heterocycles. The molecule has 1 amide bonds. The van der Waals surface area contributed by atoms with E-state index in [9.17, 15) is 9.59 Å². The molecular formula is C16H20BrNO3. The number of rotatable bonds is 7. The monoisotopic (exact) mass is 353 g/mol. The van der Waals surface area contributed by atoms with E-state index in [1.54, 1.807) is 6.08 Å². The normalized spacial score (nSPS) is 10.9. The molecule has 0 aliphatic heterocycles. The highest BCUT2D eigenvalue weighted by Crippen LogP contribution is 2.11. The summed E-state index contributed by atoms with van der Waals surface area (Å²) >= 11 is 3.34. The number of halogens is 1. The molecule has 114 valence electrons. The van der Waals surface area contributed by atoms with Crippen LogP contribution in [-0.4, -0.2) is 25.0 Å². The second-order valence-electron chi connectivity index (χ2n) is 5.03. The van der Waals surface area contributed by atoms with E-state index in [0.717, 1.165) is 16.5 Å². The fourth-order valence-corrected chi connectivity index (χ4v) is 1.74. The Kier molecular flexibility index (Phi) is 7.75. The predicted octanol–water partition coefficient (Wildman–Crippen LogP) is 3.17. The summed E-state index contributed by atoms with van der Waals surface area (Å²) in [5.41, 5.74) is 0.886. The van der Waals surface area contributed by atoms with Gasteiger partial charge in [0.2, 0.25) is 0 Å². The van der Waals surface area contributed by atoms with Gasteiger partial charge in [-0.2, -0.15) is 0 Å².